The van der Waals surface area contributed by atoms with Gasteiger partial charge in [0.05, 0.1) is 0 Å². The highest BCUT2D eigenvalue weighted by atomic mass is 16.2. The molecule has 0 aromatic carbocycles. The molecule has 1 aliphatic rings. The van der Waals surface area contributed by atoms with Gasteiger partial charge in [0.2, 0.25) is 5.91 Å². The second-order valence-electron chi connectivity index (χ2n) is 4.70. The molecule has 4 heteroatoms. The molecule has 94 valence electrons. The zero-order valence-corrected chi connectivity index (χ0v) is 9.95. The minimum atomic E-state index is 0.146. The molecule has 0 aromatic rings. The topological polar surface area (TPSA) is 75.4 Å². The van der Waals surface area contributed by atoms with E-state index in [1.807, 2.05) is 0 Å². The van der Waals surface area contributed by atoms with Gasteiger partial charge in [0.15, 0.2) is 0 Å². The van der Waals surface area contributed by atoms with Gasteiger partial charge >= 0.3 is 0 Å². The van der Waals surface area contributed by atoms with E-state index in [-0.39, 0.29) is 24.5 Å². The maximum absolute atomic E-state index is 11.7. The largest absolute Gasteiger partial charge is 0.396 e. The third-order valence-corrected chi connectivity index (χ3v) is 3.23. The van der Waals surface area contributed by atoms with E-state index in [1.54, 1.807) is 0 Å². The molecule has 1 saturated carbocycles. The maximum Gasteiger partial charge on any atom is 0.223 e. The van der Waals surface area contributed by atoms with Crippen molar-refractivity contribution in [2.24, 2.45) is 11.7 Å². The normalized spacial score (nSPS) is 24.6. The van der Waals surface area contributed by atoms with Gasteiger partial charge in [-0.2, -0.15) is 0 Å². The van der Waals surface area contributed by atoms with Crippen molar-refractivity contribution >= 4 is 5.91 Å². The molecule has 1 aliphatic carbocycles. The first-order valence-corrected chi connectivity index (χ1v) is 6.38. The number of carbonyl (C=O) groups excluding carboxylic acids is 1. The highest BCUT2D eigenvalue weighted by molar-refractivity contribution is 5.78. The van der Waals surface area contributed by atoms with Crippen molar-refractivity contribution in [1.82, 2.24) is 5.32 Å². The van der Waals surface area contributed by atoms with E-state index in [2.05, 4.69) is 5.32 Å². The number of aliphatic hydroxyl groups excluding tert-OH is 1. The molecule has 1 fully saturated rings. The second kappa shape index (κ2) is 7.63. The van der Waals surface area contributed by atoms with Crippen LogP contribution in [-0.2, 0) is 4.79 Å². The summed E-state index contributed by atoms with van der Waals surface area (Å²) in [4.78, 5) is 11.7. The maximum atomic E-state index is 11.7. The number of carbonyl (C=O) groups is 1. The summed E-state index contributed by atoms with van der Waals surface area (Å²) in [5, 5.41) is 11.6. The molecule has 0 aromatic heterocycles. The van der Waals surface area contributed by atoms with E-state index in [0.717, 1.165) is 51.5 Å². The number of amides is 1. The van der Waals surface area contributed by atoms with Crippen LogP contribution in [0.3, 0.4) is 0 Å². The fraction of sp³-hybridized carbons (Fsp3) is 0.917. The number of nitrogens with one attached hydrogen (secondary N) is 1. The lowest BCUT2D eigenvalue weighted by Crippen LogP contribution is -2.31. The van der Waals surface area contributed by atoms with Crippen LogP contribution >= 0.6 is 0 Å². The number of aliphatic hydroxyl groups is 1. The summed E-state index contributed by atoms with van der Waals surface area (Å²) in [6.07, 6.45) is 6.75. The molecule has 0 heterocycles. The van der Waals surface area contributed by atoms with Crippen LogP contribution in [0.5, 0.6) is 0 Å². The average Bonchev–Trinajstić information content (AvgIpc) is 2.70. The summed E-state index contributed by atoms with van der Waals surface area (Å²) in [6.45, 7) is 1.03. The van der Waals surface area contributed by atoms with Crippen molar-refractivity contribution in [3.8, 4) is 0 Å². The zero-order chi connectivity index (χ0) is 11.8. The Hall–Kier alpha value is -0.610. The Morgan fingerprint density at radius 3 is 2.62 bits per heavy atom. The van der Waals surface area contributed by atoms with Crippen LogP contribution in [0.1, 0.15) is 44.9 Å². The quantitative estimate of drug-likeness (QED) is 0.564. The Morgan fingerprint density at radius 2 is 2.00 bits per heavy atom. The Labute approximate surface area is 97.6 Å². The van der Waals surface area contributed by atoms with Crippen molar-refractivity contribution in [2.75, 3.05) is 13.2 Å². The van der Waals surface area contributed by atoms with Gasteiger partial charge in [-0.15, -0.1) is 0 Å². The molecular weight excluding hydrogens is 204 g/mol. The van der Waals surface area contributed by atoms with Crippen LogP contribution in [0.2, 0.25) is 0 Å². The summed E-state index contributed by atoms with van der Waals surface area (Å²) in [6, 6.07) is 0.223. The van der Waals surface area contributed by atoms with Gasteiger partial charge in [-0.05, 0) is 32.1 Å². The molecule has 4 N–H and O–H groups in total. The number of hydrogen-bond donors (Lipinski definition) is 3. The summed E-state index contributed by atoms with van der Waals surface area (Å²) < 4.78 is 0. The number of hydrogen-bond acceptors (Lipinski definition) is 3. The lowest BCUT2D eigenvalue weighted by atomic mass is 10.1. The number of unbranched alkanes of at least 4 members (excludes halogenated alkanes) is 3. The number of nitrogens with two attached hydrogens (primary N) is 1. The van der Waals surface area contributed by atoms with Crippen LogP contribution in [-0.4, -0.2) is 30.2 Å². The standard InChI is InChI=1S/C12H24N2O2/c13-11-6-5-10(9-11)12(16)14-7-3-1-2-4-8-15/h10-11,15H,1-9,13H2,(H,14,16). The van der Waals surface area contributed by atoms with Gasteiger partial charge in [-0.25, -0.2) is 0 Å². The first-order valence-electron chi connectivity index (χ1n) is 6.38. The molecule has 2 atom stereocenters. The fourth-order valence-corrected chi connectivity index (χ4v) is 2.20. The van der Waals surface area contributed by atoms with E-state index in [9.17, 15) is 4.79 Å². The van der Waals surface area contributed by atoms with Crippen molar-refractivity contribution in [3.63, 3.8) is 0 Å². The third-order valence-electron chi connectivity index (χ3n) is 3.23. The highest BCUT2D eigenvalue weighted by Crippen LogP contribution is 2.23. The van der Waals surface area contributed by atoms with Gasteiger partial charge in [0.1, 0.15) is 0 Å². The van der Waals surface area contributed by atoms with E-state index in [4.69, 9.17) is 10.8 Å². The van der Waals surface area contributed by atoms with E-state index in [0.29, 0.717) is 0 Å². The Balaban J connectivity index is 1.98. The van der Waals surface area contributed by atoms with E-state index < -0.39 is 0 Å². The first kappa shape index (κ1) is 13.5. The Bertz CT molecular complexity index is 209. The summed E-state index contributed by atoms with van der Waals surface area (Å²) in [7, 11) is 0. The minimum absolute atomic E-state index is 0.146. The molecule has 1 amide bonds. The highest BCUT2D eigenvalue weighted by Gasteiger charge is 2.27. The van der Waals surface area contributed by atoms with Crippen molar-refractivity contribution in [3.05, 3.63) is 0 Å². The minimum Gasteiger partial charge on any atom is -0.396 e. The second-order valence-corrected chi connectivity index (χ2v) is 4.70. The van der Waals surface area contributed by atoms with Gasteiger partial charge in [-0.3, -0.25) is 4.79 Å². The van der Waals surface area contributed by atoms with Crippen LogP contribution in [0.15, 0.2) is 0 Å². The SMILES string of the molecule is NC1CCC(C(=O)NCCCCCCO)C1. The molecule has 0 saturated heterocycles. The lowest BCUT2D eigenvalue weighted by Gasteiger charge is -2.10. The first-order chi connectivity index (χ1) is 7.74. The van der Waals surface area contributed by atoms with Crippen molar-refractivity contribution in [1.29, 1.82) is 0 Å². The average molecular weight is 228 g/mol. The fourth-order valence-electron chi connectivity index (χ4n) is 2.20. The smallest absolute Gasteiger partial charge is 0.223 e. The lowest BCUT2D eigenvalue weighted by molar-refractivity contribution is -0.124. The van der Waals surface area contributed by atoms with Crippen LogP contribution in [0, 0.1) is 5.92 Å². The Morgan fingerprint density at radius 1 is 1.25 bits per heavy atom. The van der Waals surface area contributed by atoms with E-state index >= 15 is 0 Å². The van der Waals surface area contributed by atoms with Gasteiger partial charge in [0, 0.05) is 25.1 Å². The summed E-state index contributed by atoms with van der Waals surface area (Å²) in [5.74, 6) is 0.322. The molecule has 16 heavy (non-hydrogen) atoms. The summed E-state index contributed by atoms with van der Waals surface area (Å²) in [5.41, 5.74) is 5.77. The molecule has 2 unspecified atom stereocenters. The number of rotatable bonds is 7. The molecule has 0 bridgehead atoms. The van der Waals surface area contributed by atoms with E-state index in [1.165, 1.54) is 0 Å². The van der Waals surface area contributed by atoms with Crippen LogP contribution < -0.4 is 11.1 Å². The molecule has 0 aliphatic heterocycles. The molecule has 4 nitrogen and oxygen atoms in total. The van der Waals surface area contributed by atoms with Gasteiger partial charge in [-0.1, -0.05) is 12.8 Å². The van der Waals surface area contributed by atoms with Gasteiger partial charge in [0.25, 0.3) is 0 Å². The third kappa shape index (κ3) is 4.94. The molecule has 1 rings (SSSR count). The van der Waals surface area contributed by atoms with Crippen molar-refractivity contribution < 1.29 is 9.90 Å². The monoisotopic (exact) mass is 228 g/mol. The molecule has 0 radical (unpaired) electrons. The predicted octanol–water partition coefficient (Wildman–Crippen LogP) is 0.783. The zero-order valence-electron chi connectivity index (χ0n) is 9.95. The predicted molar refractivity (Wildman–Crippen MR) is 63.9 cm³/mol. The van der Waals surface area contributed by atoms with Gasteiger partial charge < -0.3 is 16.2 Å². The molecule has 0 spiro atoms. The molecular formula is C12H24N2O2. The Kier molecular flexibility index (Phi) is 6.42. The van der Waals surface area contributed by atoms with Crippen molar-refractivity contribution in [2.45, 2.75) is 51.0 Å². The van der Waals surface area contributed by atoms with Crippen LogP contribution in [0.25, 0.3) is 0 Å². The summed E-state index contributed by atoms with van der Waals surface area (Å²) >= 11 is 0. The van der Waals surface area contributed by atoms with Crippen LogP contribution in [0.4, 0.5) is 0 Å².